The van der Waals surface area contributed by atoms with Crippen molar-refractivity contribution in [3.8, 4) is 5.75 Å². The van der Waals surface area contributed by atoms with Gasteiger partial charge in [-0.15, -0.1) is 0 Å². The van der Waals surface area contributed by atoms with Crippen LogP contribution < -0.4 is 10.1 Å². The van der Waals surface area contributed by atoms with E-state index < -0.39 is 0 Å². The first-order valence-corrected chi connectivity index (χ1v) is 7.45. The summed E-state index contributed by atoms with van der Waals surface area (Å²) >= 11 is 0. The number of carbonyl (C=O) groups is 1. The molecule has 1 N–H and O–H groups in total. The van der Waals surface area contributed by atoms with Gasteiger partial charge in [-0.25, -0.2) is 0 Å². The number of aryl methyl sites for hydroxylation is 1. The van der Waals surface area contributed by atoms with Crippen LogP contribution in [0.1, 0.15) is 44.7 Å². The molecule has 110 valence electrons. The van der Waals surface area contributed by atoms with Crippen molar-refractivity contribution in [2.45, 2.75) is 46.5 Å². The van der Waals surface area contributed by atoms with Gasteiger partial charge in [0.05, 0.1) is 6.61 Å². The molecule has 1 aromatic carbocycles. The largest absolute Gasteiger partial charge is 0.493 e. The Labute approximate surface area is 121 Å². The van der Waals surface area contributed by atoms with Gasteiger partial charge >= 0.3 is 0 Å². The van der Waals surface area contributed by atoms with E-state index in [9.17, 15) is 4.79 Å². The molecule has 0 aromatic heterocycles. The molecule has 3 heteroatoms. The summed E-state index contributed by atoms with van der Waals surface area (Å²) in [4.78, 5) is 11.8. The lowest BCUT2D eigenvalue weighted by molar-refractivity contribution is -0.122. The van der Waals surface area contributed by atoms with E-state index in [-0.39, 0.29) is 11.3 Å². The van der Waals surface area contributed by atoms with Crippen LogP contribution in [0.15, 0.2) is 18.2 Å². The van der Waals surface area contributed by atoms with Crippen LogP contribution in [0.4, 0.5) is 0 Å². The molecule has 0 atom stereocenters. The maximum Gasteiger partial charge on any atom is 0.220 e. The molecule has 1 aliphatic rings. The maximum absolute atomic E-state index is 11.8. The van der Waals surface area contributed by atoms with Crippen molar-refractivity contribution >= 4 is 5.91 Å². The summed E-state index contributed by atoms with van der Waals surface area (Å²) in [6.45, 7) is 7.77. The lowest BCUT2D eigenvalue weighted by Crippen LogP contribution is -2.29. The highest BCUT2D eigenvalue weighted by molar-refractivity contribution is 5.76. The molecule has 1 aliphatic heterocycles. The monoisotopic (exact) mass is 275 g/mol. The van der Waals surface area contributed by atoms with Gasteiger partial charge in [0.25, 0.3) is 0 Å². The predicted molar refractivity (Wildman–Crippen MR) is 81.0 cm³/mol. The molecule has 0 fully saturated rings. The van der Waals surface area contributed by atoms with Crippen LogP contribution in [-0.2, 0) is 17.6 Å². The van der Waals surface area contributed by atoms with Crippen molar-refractivity contribution < 1.29 is 9.53 Å². The van der Waals surface area contributed by atoms with Crippen molar-refractivity contribution in [1.82, 2.24) is 5.32 Å². The summed E-state index contributed by atoms with van der Waals surface area (Å²) in [7, 11) is 0. The van der Waals surface area contributed by atoms with Crippen molar-refractivity contribution in [3.63, 3.8) is 0 Å². The quantitative estimate of drug-likeness (QED) is 0.917. The SMILES string of the molecule is CC(C)(C)CC(=O)NCCc1ccc2c(c1)CCCO2. The summed E-state index contributed by atoms with van der Waals surface area (Å²) in [5.41, 5.74) is 2.62. The van der Waals surface area contributed by atoms with Crippen LogP contribution in [0.3, 0.4) is 0 Å². The van der Waals surface area contributed by atoms with Gasteiger partial charge in [0.2, 0.25) is 5.91 Å². The first kappa shape index (κ1) is 14.9. The van der Waals surface area contributed by atoms with Crippen LogP contribution in [0.2, 0.25) is 0 Å². The molecular weight excluding hydrogens is 250 g/mol. The number of nitrogens with one attached hydrogen (secondary N) is 1. The van der Waals surface area contributed by atoms with Gasteiger partial charge in [0.15, 0.2) is 0 Å². The summed E-state index contributed by atoms with van der Waals surface area (Å²) in [6, 6.07) is 6.37. The molecule has 1 amide bonds. The third kappa shape index (κ3) is 4.55. The van der Waals surface area contributed by atoms with E-state index in [1.165, 1.54) is 11.1 Å². The molecule has 1 aromatic rings. The second-order valence-corrected chi connectivity index (χ2v) is 6.73. The Hall–Kier alpha value is -1.51. The zero-order chi connectivity index (χ0) is 14.6. The van der Waals surface area contributed by atoms with Gasteiger partial charge in [-0.1, -0.05) is 32.9 Å². The standard InChI is InChI=1S/C17H25NO2/c1-17(2,3)12-16(19)18-9-8-13-6-7-15-14(11-13)5-4-10-20-15/h6-7,11H,4-5,8-10,12H2,1-3H3,(H,18,19). The number of carbonyl (C=O) groups excluding carboxylic acids is 1. The van der Waals surface area contributed by atoms with Gasteiger partial charge < -0.3 is 10.1 Å². The normalized spacial score (nSPS) is 14.3. The Balaban J connectivity index is 1.81. The third-order valence-corrected chi connectivity index (χ3v) is 3.40. The topological polar surface area (TPSA) is 38.3 Å². The second-order valence-electron chi connectivity index (χ2n) is 6.73. The number of hydrogen-bond acceptors (Lipinski definition) is 2. The van der Waals surface area contributed by atoms with Gasteiger partial charge in [-0.2, -0.15) is 0 Å². The van der Waals surface area contributed by atoms with Crippen LogP contribution in [-0.4, -0.2) is 19.1 Å². The number of benzene rings is 1. The molecule has 0 bridgehead atoms. The molecule has 0 saturated carbocycles. The molecule has 0 radical (unpaired) electrons. The first-order chi connectivity index (χ1) is 9.44. The first-order valence-electron chi connectivity index (χ1n) is 7.45. The van der Waals surface area contributed by atoms with E-state index in [0.717, 1.165) is 31.6 Å². The molecule has 0 spiro atoms. The van der Waals surface area contributed by atoms with E-state index in [1.807, 2.05) is 0 Å². The average molecular weight is 275 g/mol. The van der Waals surface area contributed by atoms with E-state index in [0.29, 0.717) is 13.0 Å². The zero-order valence-electron chi connectivity index (χ0n) is 12.8. The fourth-order valence-electron chi connectivity index (χ4n) is 2.46. The Morgan fingerprint density at radius 3 is 2.90 bits per heavy atom. The number of rotatable bonds is 4. The zero-order valence-corrected chi connectivity index (χ0v) is 12.8. The predicted octanol–water partition coefficient (Wildman–Crippen LogP) is 3.11. The minimum atomic E-state index is 0.0489. The van der Waals surface area contributed by atoms with Gasteiger partial charge in [0, 0.05) is 13.0 Å². The maximum atomic E-state index is 11.8. The minimum absolute atomic E-state index is 0.0489. The Morgan fingerprint density at radius 1 is 1.35 bits per heavy atom. The molecule has 0 aliphatic carbocycles. The lowest BCUT2D eigenvalue weighted by atomic mass is 9.92. The minimum Gasteiger partial charge on any atom is -0.493 e. The summed E-state index contributed by atoms with van der Waals surface area (Å²) in [5.74, 6) is 1.16. The highest BCUT2D eigenvalue weighted by atomic mass is 16.5. The fourth-order valence-corrected chi connectivity index (χ4v) is 2.46. The smallest absolute Gasteiger partial charge is 0.220 e. The molecule has 20 heavy (non-hydrogen) atoms. The van der Waals surface area contributed by atoms with Crippen molar-refractivity contribution in [2.75, 3.05) is 13.2 Å². The van der Waals surface area contributed by atoms with Crippen LogP contribution in [0.5, 0.6) is 5.75 Å². The molecule has 3 nitrogen and oxygen atoms in total. The molecule has 0 saturated heterocycles. The summed E-state index contributed by atoms with van der Waals surface area (Å²) < 4.78 is 5.61. The second kappa shape index (κ2) is 6.29. The summed E-state index contributed by atoms with van der Waals surface area (Å²) in [6.07, 6.45) is 3.65. The van der Waals surface area contributed by atoms with Crippen molar-refractivity contribution in [1.29, 1.82) is 0 Å². The third-order valence-electron chi connectivity index (χ3n) is 3.40. The average Bonchev–Trinajstić information content (AvgIpc) is 2.36. The Bertz CT molecular complexity index is 474. The van der Waals surface area contributed by atoms with Crippen molar-refractivity contribution in [2.24, 2.45) is 5.41 Å². The Morgan fingerprint density at radius 2 is 2.15 bits per heavy atom. The van der Waals surface area contributed by atoms with Crippen LogP contribution in [0.25, 0.3) is 0 Å². The van der Waals surface area contributed by atoms with Crippen LogP contribution in [0, 0.1) is 5.41 Å². The van der Waals surface area contributed by atoms with E-state index in [2.05, 4.69) is 44.3 Å². The number of fused-ring (bicyclic) bond motifs is 1. The van der Waals surface area contributed by atoms with Crippen LogP contribution >= 0.6 is 0 Å². The molecule has 0 unspecified atom stereocenters. The molecule has 1 heterocycles. The fraction of sp³-hybridized carbons (Fsp3) is 0.588. The number of amides is 1. The number of ether oxygens (including phenoxy) is 1. The molecule has 2 rings (SSSR count). The van der Waals surface area contributed by atoms with Gasteiger partial charge in [-0.3, -0.25) is 4.79 Å². The van der Waals surface area contributed by atoms with E-state index in [1.54, 1.807) is 0 Å². The van der Waals surface area contributed by atoms with Gasteiger partial charge in [0.1, 0.15) is 5.75 Å². The highest BCUT2D eigenvalue weighted by Crippen LogP contribution is 2.25. The van der Waals surface area contributed by atoms with E-state index >= 15 is 0 Å². The lowest BCUT2D eigenvalue weighted by Gasteiger charge is -2.18. The highest BCUT2D eigenvalue weighted by Gasteiger charge is 2.15. The summed E-state index contributed by atoms with van der Waals surface area (Å²) in [5, 5.41) is 3.00. The van der Waals surface area contributed by atoms with Crippen molar-refractivity contribution in [3.05, 3.63) is 29.3 Å². The number of hydrogen-bond donors (Lipinski definition) is 1. The van der Waals surface area contributed by atoms with E-state index in [4.69, 9.17) is 4.74 Å². The molecular formula is C17H25NO2. The van der Waals surface area contributed by atoms with Gasteiger partial charge in [-0.05, 0) is 41.9 Å². The Kier molecular flexibility index (Phi) is 4.69.